The third-order valence-corrected chi connectivity index (χ3v) is 4.02. The van der Waals surface area contributed by atoms with Crippen molar-refractivity contribution in [2.75, 3.05) is 25.0 Å². The van der Waals surface area contributed by atoms with E-state index in [4.69, 9.17) is 5.73 Å². The maximum atomic E-state index is 11.5. The van der Waals surface area contributed by atoms with Gasteiger partial charge in [-0.25, -0.2) is 13.1 Å². The first-order valence-corrected chi connectivity index (χ1v) is 6.56. The highest BCUT2D eigenvalue weighted by atomic mass is 32.2. The summed E-state index contributed by atoms with van der Waals surface area (Å²) in [7, 11) is -1.82. The van der Waals surface area contributed by atoms with Crippen molar-refractivity contribution in [2.24, 2.45) is 5.73 Å². The number of amides is 1. The second kappa shape index (κ2) is 4.01. The summed E-state index contributed by atoms with van der Waals surface area (Å²) >= 11 is 0. The summed E-state index contributed by atoms with van der Waals surface area (Å²) in [5.41, 5.74) is 6.38. The first kappa shape index (κ1) is 11.9. The number of sulfonamides is 1. The van der Waals surface area contributed by atoms with Crippen LogP contribution in [0.25, 0.3) is 0 Å². The maximum Gasteiger partial charge on any atom is 0.266 e. The van der Waals surface area contributed by atoms with Gasteiger partial charge in [0.1, 0.15) is 4.90 Å². The summed E-state index contributed by atoms with van der Waals surface area (Å²) in [6, 6.07) is 4.65. The van der Waals surface area contributed by atoms with Crippen LogP contribution >= 0.6 is 0 Å². The quantitative estimate of drug-likeness (QED) is 0.760. The Morgan fingerprint density at radius 3 is 2.76 bits per heavy atom. The Labute approximate surface area is 99.5 Å². The first-order valence-electron chi connectivity index (χ1n) is 5.08. The van der Waals surface area contributed by atoms with Crippen molar-refractivity contribution in [1.29, 1.82) is 0 Å². The Morgan fingerprint density at radius 2 is 2.12 bits per heavy atom. The molecule has 92 valence electrons. The monoisotopic (exact) mass is 255 g/mol. The Kier molecular flexibility index (Phi) is 2.80. The van der Waals surface area contributed by atoms with E-state index in [1.165, 1.54) is 6.07 Å². The number of carbonyl (C=O) groups excluding carboxylic acids is 1. The molecular formula is C10H13N3O3S. The van der Waals surface area contributed by atoms with Gasteiger partial charge in [-0.1, -0.05) is 0 Å². The van der Waals surface area contributed by atoms with E-state index in [1.807, 2.05) is 16.7 Å². The van der Waals surface area contributed by atoms with E-state index < -0.39 is 15.9 Å². The zero-order valence-electron chi connectivity index (χ0n) is 9.30. The Morgan fingerprint density at radius 1 is 1.41 bits per heavy atom. The molecule has 0 spiro atoms. The molecule has 7 heteroatoms. The number of nitrogens with one attached hydrogen (secondary N) is 1. The minimum atomic E-state index is -3.65. The van der Waals surface area contributed by atoms with Gasteiger partial charge in [0.15, 0.2) is 0 Å². The molecule has 1 aliphatic rings. The van der Waals surface area contributed by atoms with Crippen molar-refractivity contribution >= 4 is 21.6 Å². The standard InChI is InChI=1S/C10H13N3O3S/c1-13(5-4-11)7-2-3-9-8(6-7)10(14)12-17(9,15)16/h2-3,6H,4-5,11H2,1H3,(H,12,14). The molecule has 0 radical (unpaired) electrons. The van der Waals surface area contributed by atoms with Crippen LogP contribution in [0.5, 0.6) is 0 Å². The van der Waals surface area contributed by atoms with E-state index in [0.717, 1.165) is 5.69 Å². The fourth-order valence-corrected chi connectivity index (χ4v) is 2.87. The lowest BCUT2D eigenvalue weighted by Crippen LogP contribution is -2.25. The zero-order valence-corrected chi connectivity index (χ0v) is 10.1. The Bertz CT molecular complexity index is 568. The number of benzene rings is 1. The average molecular weight is 255 g/mol. The SMILES string of the molecule is CN(CCN)c1ccc2c(c1)C(=O)NS2(=O)=O. The summed E-state index contributed by atoms with van der Waals surface area (Å²) < 4.78 is 25.0. The molecule has 0 unspecified atom stereocenters. The van der Waals surface area contributed by atoms with E-state index in [0.29, 0.717) is 13.1 Å². The topological polar surface area (TPSA) is 92.5 Å². The number of anilines is 1. The Hall–Kier alpha value is -1.60. The number of carbonyl (C=O) groups is 1. The van der Waals surface area contributed by atoms with Gasteiger partial charge in [-0.05, 0) is 18.2 Å². The van der Waals surface area contributed by atoms with E-state index >= 15 is 0 Å². The van der Waals surface area contributed by atoms with Crippen LogP contribution in [0, 0.1) is 0 Å². The first-order chi connectivity index (χ1) is 7.95. The fraction of sp³-hybridized carbons (Fsp3) is 0.300. The summed E-state index contributed by atoms with van der Waals surface area (Å²) in [5, 5.41) is 0. The molecule has 6 nitrogen and oxygen atoms in total. The van der Waals surface area contributed by atoms with Crippen molar-refractivity contribution in [1.82, 2.24) is 4.72 Å². The predicted octanol–water partition coefficient (Wildman–Crippen LogP) is -0.486. The highest BCUT2D eigenvalue weighted by Crippen LogP contribution is 2.26. The lowest BCUT2D eigenvalue weighted by molar-refractivity contribution is 0.0985. The molecular weight excluding hydrogens is 242 g/mol. The molecule has 3 N–H and O–H groups in total. The normalized spacial score (nSPS) is 16.5. The van der Waals surface area contributed by atoms with Gasteiger partial charge >= 0.3 is 0 Å². The van der Waals surface area contributed by atoms with Crippen molar-refractivity contribution in [3.05, 3.63) is 23.8 Å². The minimum Gasteiger partial charge on any atom is -0.373 e. The molecule has 0 aliphatic carbocycles. The smallest absolute Gasteiger partial charge is 0.266 e. The third kappa shape index (κ3) is 1.98. The van der Waals surface area contributed by atoms with Gasteiger partial charge in [-0.2, -0.15) is 0 Å². The second-order valence-corrected chi connectivity index (χ2v) is 5.48. The van der Waals surface area contributed by atoms with Crippen LogP contribution in [0.2, 0.25) is 0 Å². The lowest BCUT2D eigenvalue weighted by Gasteiger charge is -2.18. The molecule has 0 atom stereocenters. The van der Waals surface area contributed by atoms with Crippen LogP contribution in [0.4, 0.5) is 5.69 Å². The average Bonchev–Trinajstić information content (AvgIpc) is 2.49. The second-order valence-electron chi connectivity index (χ2n) is 3.83. The lowest BCUT2D eigenvalue weighted by atomic mass is 10.2. The molecule has 0 saturated carbocycles. The van der Waals surface area contributed by atoms with Gasteiger partial charge in [0.2, 0.25) is 0 Å². The summed E-state index contributed by atoms with van der Waals surface area (Å²) in [6.45, 7) is 1.12. The number of hydrogen-bond acceptors (Lipinski definition) is 5. The molecule has 0 aromatic heterocycles. The van der Waals surface area contributed by atoms with E-state index in [1.54, 1.807) is 12.1 Å². The molecule has 1 aromatic rings. The molecule has 1 amide bonds. The largest absolute Gasteiger partial charge is 0.373 e. The van der Waals surface area contributed by atoms with Crippen LogP contribution in [-0.2, 0) is 10.0 Å². The van der Waals surface area contributed by atoms with Crippen LogP contribution in [0.3, 0.4) is 0 Å². The number of hydrogen-bond donors (Lipinski definition) is 2. The van der Waals surface area contributed by atoms with E-state index in [9.17, 15) is 13.2 Å². The third-order valence-electron chi connectivity index (χ3n) is 2.63. The van der Waals surface area contributed by atoms with E-state index in [2.05, 4.69) is 0 Å². The fourth-order valence-electron chi connectivity index (χ4n) is 1.72. The molecule has 1 aliphatic heterocycles. The van der Waals surface area contributed by atoms with Gasteiger partial charge in [0, 0.05) is 25.8 Å². The molecule has 1 heterocycles. The van der Waals surface area contributed by atoms with Crippen molar-refractivity contribution in [2.45, 2.75) is 4.90 Å². The van der Waals surface area contributed by atoms with Gasteiger partial charge in [-0.15, -0.1) is 0 Å². The van der Waals surface area contributed by atoms with Crippen molar-refractivity contribution < 1.29 is 13.2 Å². The highest BCUT2D eigenvalue weighted by Gasteiger charge is 2.32. The van der Waals surface area contributed by atoms with Crippen LogP contribution in [0.15, 0.2) is 23.1 Å². The summed E-state index contributed by atoms with van der Waals surface area (Å²) in [6.07, 6.45) is 0. The maximum absolute atomic E-state index is 11.5. The number of likely N-dealkylation sites (N-methyl/N-ethyl adjacent to an activating group) is 1. The Balaban J connectivity index is 2.46. The van der Waals surface area contributed by atoms with Gasteiger partial charge in [0.05, 0.1) is 5.56 Å². The van der Waals surface area contributed by atoms with Crippen LogP contribution in [0.1, 0.15) is 10.4 Å². The van der Waals surface area contributed by atoms with Gasteiger partial charge < -0.3 is 10.6 Å². The van der Waals surface area contributed by atoms with Gasteiger partial charge in [0.25, 0.3) is 15.9 Å². The predicted molar refractivity (Wildman–Crippen MR) is 63.4 cm³/mol. The molecule has 0 bridgehead atoms. The number of rotatable bonds is 3. The van der Waals surface area contributed by atoms with Crippen molar-refractivity contribution in [3.63, 3.8) is 0 Å². The minimum absolute atomic E-state index is 0.0346. The number of nitrogens with zero attached hydrogens (tertiary/aromatic N) is 1. The zero-order chi connectivity index (χ0) is 12.6. The van der Waals surface area contributed by atoms with Crippen LogP contribution in [-0.4, -0.2) is 34.5 Å². The number of nitrogens with two attached hydrogens (primary N) is 1. The molecule has 17 heavy (non-hydrogen) atoms. The molecule has 0 fully saturated rings. The van der Waals surface area contributed by atoms with Crippen molar-refractivity contribution in [3.8, 4) is 0 Å². The molecule has 0 saturated heterocycles. The highest BCUT2D eigenvalue weighted by molar-refractivity contribution is 7.90. The van der Waals surface area contributed by atoms with E-state index in [-0.39, 0.29) is 10.5 Å². The summed E-state index contributed by atoms with van der Waals surface area (Å²) in [5.74, 6) is -0.581. The van der Waals surface area contributed by atoms with Gasteiger partial charge in [-0.3, -0.25) is 4.79 Å². The molecule has 2 rings (SSSR count). The van der Waals surface area contributed by atoms with Crippen LogP contribution < -0.4 is 15.4 Å². The summed E-state index contributed by atoms with van der Waals surface area (Å²) in [4.78, 5) is 13.4. The number of fused-ring (bicyclic) bond motifs is 1. The molecule has 1 aromatic carbocycles.